The first-order chi connectivity index (χ1) is 9.52. The van der Waals surface area contributed by atoms with Crippen LogP contribution in [0.2, 0.25) is 0 Å². The van der Waals surface area contributed by atoms with E-state index in [0.29, 0.717) is 36.6 Å². The molecule has 20 heavy (non-hydrogen) atoms. The lowest BCUT2D eigenvalue weighted by molar-refractivity contribution is -0.148. The highest BCUT2D eigenvalue weighted by Crippen LogP contribution is 2.36. The second kappa shape index (κ2) is 5.88. The number of carbonyl (C=O) groups excluding carboxylic acids is 1. The van der Waals surface area contributed by atoms with Crippen LogP contribution in [-0.4, -0.2) is 40.0 Å². The van der Waals surface area contributed by atoms with E-state index in [-0.39, 0.29) is 12.5 Å². The minimum absolute atomic E-state index is 0.194. The number of aliphatic carboxylic acids is 1. The molecular weight excluding hydrogens is 278 g/mol. The largest absolute Gasteiger partial charge is 0.481 e. The monoisotopic (exact) mass is 297 g/mol. The minimum Gasteiger partial charge on any atom is -0.481 e. The molecule has 0 radical (unpaired) electrons. The Morgan fingerprint density at radius 3 is 2.90 bits per heavy atom. The maximum Gasteiger partial charge on any atom is 0.311 e. The van der Waals surface area contributed by atoms with Gasteiger partial charge in [0.05, 0.1) is 5.41 Å². The third-order valence-corrected chi connectivity index (χ3v) is 4.64. The van der Waals surface area contributed by atoms with Gasteiger partial charge in [0.1, 0.15) is 10.7 Å². The number of rotatable bonds is 5. The summed E-state index contributed by atoms with van der Waals surface area (Å²) in [7, 11) is 0. The SMILES string of the molecule is CCCC1(C(=O)O)CCN(C(=O)c2csc(CN)n2)C1. The quantitative estimate of drug-likeness (QED) is 0.854. The summed E-state index contributed by atoms with van der Waals surface area (Å²) in [5, 5.41) is 11.8. The molecule has 1 amide bonds. The van der Waals surface area contributed by atoms with Crippen molar-refractivity contribution in [2.24, 2.45) is 11.1 Å². The van der Waals surface area contributed by atoms with Crippen LogP contribution in [0.1, 0.15) is 41.7 Å². The van der Waals surface area contributed by atoms with Gasteiger partial charge < -0.3 is 15.7 Å². The van der Waals surface area contributed by atoms with Crippen LogP contribution in [0.3, 0.4) is 0 Å². The summed E-state index contributed by atoms with van der Waals surface area (Å²) < 4.78 is 0. The normalized spacial score (nSPS) is 22.2. The zero-order chi connectivity index (χ0) is 14.8. The summed E-state index contributed by atoms with van der Waals surface area (Å²) in [6, 6.07) is 0. The molecule has 1 aliphatic rings. The molecule has 3 N–H and O–H groups in total. The van der Waals surface area contributed by atoms with Crippen LogP contribution in [0.15, 0.2) is 5.38 Å². The fourth-order valence-corrected chi connectivity index (χ4v) is 3.32. The van der Waals surface area contributed by atoms with E-state index >= 15 is 0 Å². The van der Waals surface area contributed by atoms with Gasteiger partial charge in [-0.05, 0) is 12.8 Å². The van der Waals surface area contributed by atoms with Gasteiger partial charge in [0.2, 0.25) is 0 Å². The van der Waals surface area contributed by atoms with E-state index in [9.17, 15) is 14.7 Å². The highest BCUT2D eigenvalue weighted by atomic mass is 32.1. The second-order valence-corrected chi connectivity index (χ2v) is 6.09. The van der Waals surface area contributed by atoms with Crippen LogP contribution in [0.5, 0.6) is 0 Å². The van der Waals surface area contributed by atoms with Crippen LogP contribution in [0, 0.1) is 5.41 Å². The van der Waals surface area contributed by atoms with Crippen molar-refractivity contribution in [2.75, 3.05) is 13.1 Å². The Bertz CT molecular complexity index is 517. The first kappa shape index (κ1) is 14.9. The number of likely N-dealkylation sites (tertiary alicyclic amines) is 1. The van der Waals surface area contributed by atoms with Gasteiger partial charge in [0, 0.05) is 25.0 Å². The Labute approximate surface area is 121 Å². The number of hydrogen-bond donors (Lipinski definition) is 2. The van der Waals surface area contributed by atoms with Crippen LogP contribution in [0.4, 0.5) is 0 Å². The zero-order valence-corrected chi connectivity index (χ0v) is 12.3. The number of nitrogens with two attached hydrogens (primary N) is 1. The minimum atomic E-state index is -0.810. The number of aromatic nitrogens is 1. The Balaban J connectivity index is 2.11. The third-order valence-electron chi connectivity index (χ3n) is 3.77. The molecule has 6 nitrogen and oxygen atoms in total. The fraction of sp³-hybridized carbons (Fsp3) is 0.615. The molecule has 1 aromatic heterocycles. The lowest BCUT2D eigenvalue weighted by Gasteiger charge is -2.23. The molecule has 2 heterocycles. The first-order valence-electron chi connectivity index (χ1n) is 6.69. The highest BCUT2D eigenvalue weighted by Gasteiger charge is 2.45. The van der Waals surface area contributed by atoms with Crippen LogP contribution < -0.4 is 5.73 Å². The summed E-state index contributed by atoms with van der Waals surface area (Å²) in [5.41, 5.74) is 5.06. The van der Waals surface area contributed by atoms with Gasteiger partial charge in [0.15, 0.2) is 0 Å². The Morgan fingerprint density at radius 1 is 1.60 bits per heavy atom. The maximum atomic E-state index is 12.3. The molecule has 0 saturated carbocycles. The number of carboxylic acids is 1. The molecule has 7 heteroatoms. The Kier molecular flexibility index (Phi) is 4.39. The van der Waals surface area contributed by atoms with Crippen molar-refractivity contribution in [3.63, 3.8) is 0 Å². The van der Waals surface area contributed by atoms with Gasteiger partial charge in [-0.2, -0.15) is 0 Å². The molecule has 2 rings (SSSR count). The van der Waals surface area contributed by atoms with Crippen molar-refractivity contribution < 1.29 is 14.7 Å². The summed E-state index contributed by atoms with van der Waals surface area (Å²) in [4.78, 5) is 29.6. The summed E-state index contributed by atoms with van der Waals surface area (Å²) >= 11 is 1.35. The predicted octanol–water partition coefficient (Wildman–Crippen LogP) is 1.32. The topological polar surface area (TPSA) is 96.5 Å². The predicted molar refractivity (Wildman–Crippen MR) is 75.5 cm³/mol. The van der Waals surface area contributed by atoms with Gasteiger partial charge in [-0.3, -0.25) is 9.59 Å². The number of nitrogens with zero attached hydrogens (tertiary/aromatic N) is 2. The van der Waals surface area contributed by atoms with Crippen molar-refractivity contribution in [3.8, 4) is 0 Å². The van der Waals surface area contributed by atoms with E-state index in [1.807, 2.05) is 6.92 Å². The molecule has 110 valence electrons. The molecule has 0 bridgehead atoms. The van der Waals surface area contributed by atoms with E-state index < -0.39 is 11.4 Å². The zero-order valence-electron chi connectivity index (χ0n) is 11.5. The van der Waals surface area contributed by atoms with Gasteiger partial charge in [-0.25, -0.2) is 4.98 Å². The molecule has 1 atom stereocenters. The molecule has 1 aliphatic heterocycles. The van der Waals surface area contributed by atoms with Gasteiger partial charge in [-0.1, -0.05) is 13.3 Å². The smallest absolute Gasteiger partial charge is 0.311 e. The Hall–Kier alpha value is -1.47. The number of carbonyl (C=O) groups is 2. The molecule has 1 saturated heterocycles. The van der Waals surface area contributed by atoms with E-state index in [4.69, 9.17) is 5.73 Å². The van der Waals surface area contributed by atoms with Crippen LogP contribution >= 0.6 is 11.3 Å². The number of amides is 1. The van der Waals surface area contributed by atoms with Crippen molar-refractivity contribution in [3.05, 3.63) is 16.1 Å². The van der Waals surface area contributed by atoms with Crippen molar-refractivity contribution in [2.45, 2.75) is 32.7 Å². The van der Waals surface area contributed by atoms with Crippen LogP contribution in [0.25, 0.3) is 0 Å². The molecule has 0 spiro atoms. The lowest BCUT2D eigenvalue weighted by atomic mass is 9.83. The van der Waals surface area contributed by atoms with Gasteiger partial charge in [0.25, 0.3) is 5.91 Å². The summed E-state index contributed by atoms with van der Waals surface area (Å²) in [5.74, 6) is -1.00. The molecule has 1 unspecified atom stereocenters. The van der Waals surface area contributed by atoms with Crippen molar-refractivity contribution in [1.82, 2.24) is 9.88 Å². The maximum absolute atomic E-state index is 12.3. The average Bonchev–Trinajstić information content (AvgIpc) is 3.05. The molecular formula is C13H19N3O3S. The summed E-state index contributed by atoms with van der Waals surface area (Å²) in [6.07, 6.45) is 1.90. The van der Waals surface area contributed by atoms with E-state index in [2.05, 4.69) is 4.98 Å². The van der Waals surface area contributed by atoms with Gasteiger partial charge >= 0.3 is 5.97 Å². The van der Waals surface area contributed by atoms with E-state index in [1.165, 1.54) is 11.3 Å². The van der Waals surface area contributed by atoms with Crippen molar-refractivity contribution >= 4 is 23.2 Å². The first-order valence-corrected chi connectivity index (χ1v) is 7.57. The van der Waals surface area contributed by atoms with Crippen molar-refractivity contribution in [1.29, 1.82) is 0 Å². The average molecular weight is 297 g/mol. The number of hydrogen-bond acceptors (Lipinski definition) is 5. The second-order valence-electron chi connectivity index (χ2n) is 5.14. The standard InChI is InChI=1S/C13H19N3O3S/c1-2-3-13(12(18)19)4-5-16(8-13)11(17)9-7-20-10(6-14)15-9/h7H,2-6,8,14H2,1H3,(H,18,19). The summed E-state index contributed by atoms with van der Waals surface area (Å²) in [6.45, 7) is 3.01. The number of carboxylic acid groups (broad SMARTS) is 1. The van der Waals surface area contributed by atoms with Crippen LogP contribution in [-0.2, 0) is 11.3 Å². The molecule has 0 aliphatic carbocycles. The number of thiazole rings is 1. The molecule has 1 fully saturated rings. The van der Waals surface area contributed by atoms with Gasteiger partial charge in [-0.15, -0.1) is 11.3 Å². The molecule has 1 aromatic rings. The third kappa shape index (κ3) is 2.69. The molecule has 0 aromatic carbocycles. The van der Waals surface area contributed by atoms with E-state index in [0.717, 1.165) is 6.42 Å². The Morgan fingerprint density at radius 2 is 2.35 bits per heavy atom. The van der Waals surface area contributed by atoms with E-state index in [1.54, 1.807) is 10.3 Å². The highest BCUT2D eigenvalue weighted by molar-refractivity contribution is 7.09. The lowest BCUT2D eigenvalue weighted by Crippen LogP contribution is -2.37. The fourth-order valence-electron chi connectivity index (χ4n) is 2.67.